The van der Waals surface area contributed by atoms with Crippen LogP contribution in [0.1, 0.15) is 55.8 Å². The molecule has 0 amide bonds. The van der Waals surface area contributed by atoms with Gasteiger partial charge < -0.3 is 5.11 Å². The molecule has 1 rings (SSSR count). The predicted octanol–water partition coefficient (Wildman–Crippen LogP) is 4.59. The highest BCUT2D eigenvalue weighted by atomic mass is 35.5. The van der Waals surface area contributed by atoms with E-state index in [4.69, 9.17) is 11.6 Å². The van der Waals surface area contributed by atoms with Crippen molar-refractivity contribution in [2.24, 2.45) is 0 Å². The smallest absolute Gasteiger partial charge is 0.166 e. The Morgan fingerprint density at radius 3 is 2.59 bits per heavy atom. The summed E-state index contributed by atoms with van der Waals surface area (Å²) in [4.78, 5) is 11.8. The van der Waals surface area contributed by atoms with E-state index in [0.717, 1.165) is 12.8 Å². The Hall–Kier alpha value is -1.02. The molecule has 0 heterocycles. The van der Waals surface area contributed by atoms with Crippen LogP contribution in [0.5, 0.6) is 5.75 Å². The van der Waals surface area contributed by atoms with Crippen LogP contribution in [-0.2, 0) is 0 Å². The highest BCUT2D eigenvalue weighted by Crippen LogP contribution is 2.23. The van der Waals surface area contributed by atoms with Crippen molar-refractivity contribution in [3.63, 3.8) is 0 Å². The number of hydrogen-bond donors (Lipinski definition) is 1. The summed E-state index contributed by atoms with van der Waals surface area (Å²) in [6, 6.07) is 4.63. The minimum atomic E-state index is -0.0175. The third-order valence-corrected chi connectivity index (χ3v) is 3.00. The third-order valence-electron chi connectivity index (χ3n) is 2.77. The van der Waals surface area contributed by atoms with E-state index in [-0.39, 0.29) is 11.5 Å². The van der Waals surface area contributed by atoms with Crippen molar-refractivity contribution in [3.8, 4) is 5.75 Å². The molecule has 0 aliphatic carbocycles. The third kappa shape index (κ3) is 4.78. The van der Waals surface area contributed by atoms with E-state index in [1.807, 2.05) is 0 Å². The molecule has 94 valence electrons. The van der Waals surface area contributed by atoms with Gasteiger partial charge in [-0.25, -0.2) is 0 Å². The Kier molecular flexibility index (Phi) is 6.06. The molecule has 3 heteroatoms. The lowest BCUT2D eigenvalue weighted by Gasteiger charge is -2.04. The Labute approximate surface area is 108 Å². The summed E-state index contributed by atoms with van der Waals surface area (Å²) < 4.78 is 0. The lowest BCUT2D eigenvalue weighted by atomic mass is 10.0. The zero-order valence-corrected chi connectivity index (χ0v) is 11.0. The van der Waals surface area contributed by atoms with E-state index in [0.29, 0.717) is 17.0 Å². The summed E-state index contributed by atoms with van der Waals surface area (Å²) in [6.07, 6.45) is 6.07. The van der Waals surface area contributed by atoms with Gasteiger partial charge in [0.2, 0.25) is 0 Å². The number of rotatable bonds is 7. The Morgan fingerprint density at radius 1 is 1.24 bits per heavy atom. The SMILES string of the molecule is CCCCCCCC(=O)c1ccc(Cl)cc1O. The average molecular weight is 255 g/mol. The van der Waals surface area contributed by atoms with Crippen LogP contribution in [-0.4, -0.2) is 10.9 Å². The molecule has 0 aromatic heterocycles. The molecule has 17 heavy (non-hydrogen) atoms. The maximum Gasteiger partial charge on any atom is 0.166 e. The second-order valence-electron chi connectivity index (χ2n) is 4.25. The summed E-state index contributed by atoms with van der Waals surface area (Å²) >= 11 is 5.71. The highest BCUT2D eigenvalue weighted by Gasteiger charge is 2.10. The molecule has 0 radical (unpaired) electrons. The van der Waals surface area contributed by atoms with Gasteiger partial charge in [-0.3, -0.25) is 4.79 Å². The fraction of sp³-hybridized carbons (Fsp3) is 0.500. The summed E-state index contributed by atoms with van der Waals surface area (Å²) in [5.41, 5.74) is 0.380. The van der Waals surface area contributed by atoms with E-state index in [9.17, 15) is 9.90 Å². The van der Waals surface area contributed by atoms with E-state index in [1.54, 1.807) is 12.1 Å². The number of phenols is 1. The molecular formula is C14H19ClO2. The Balaban J connectivity index is 2.42. The molecule has 2 nitrogen and oxygen atoms in total. The van der Waals surface area contributed by atoms with Gasteiger partial charge in [-0.05, 0) is 24.6 Å². The molecule has 0 fully saturated rings. The van der Waals surface area contributed by atoms with Crippen molar-refractivity contribution < 1.29 is 9.90 Å². The second kappa shape index (κ2) is 7.33. The number of carbonyl (C=O) groups is 1. The van der Waals surface area contributed by atoms with Crippen molar-refractivity contribution >= 4 is 17.4 Å². The van der Waals surface area contributed by atoms with E-state index in [2.05, 4.69) is 6.92 Å². The van der Waals surface area contributed by atoms with Gasteiger partial charge in [0.05, 0.1) is 5.56 Å². The van der Waals surface area contributed by atoms with Crippen LogP contribution in [0, 0.1) is 0 Å². The van der Waals surface area contributed by atoms with Crippen LogP contribution < -0.4 is 0 Å². The minimum absolute atomic E-state index is 0.00401. The molecule has 0 aliphatic rings. The zero-order chi connectivity index (χ0) is 12.7. The molecule has 0 spiro atoms. The number of aromatic hydroxyl groups is 1. The molecule has 0 saturated carbocycles. The lowest BCUT2D eigenvalue weighted by Crippen LogP contribution is -1.99. The first-order valence-corrected chi connectivity index (χ1v) is 6.54. The van der Waals surface area contributed by atoms with E-state index < -0.39 is 0 Å². The van der Waals surface area contributed by atoms with Gasteiger partial charge in [-0.1, -0.05) is 44.2 Å². The van der Waals surface area contributed by atoms with Crippen molar-refractivity contribution in [2.45, 2.75) is 45.4 Å². The number of phenolic OH excluding ortho intramolecular Hbond substituents is 1. The van der Waals surface area contributed by atoms with Crippen molar-refractivity contribution in [1.82, 2.24) is 0 Å². The molecule has 1 N–H and O–H groups in total. The van der Waals surface area contributed by atoms with Crippen molar-refractivity contribution in [1.29, 1.82) is 0 Å². The fourth-order valence-electron chi connectivity index (χ4n) is 1.76. The van der Waals surface area contributed by atoms with E-state index in [1.165, 1.54) is 25.3 Å². The summed E-state index contributed by atoms with van der Waals surface area (Å²) in [5, 5.41) is 10.0. The number of halogens is 1. The molecule has 0 unspecified atom stereocenters. The number of carbonyl (C=O) groups excluding carboxylic acids is 1. The van der Waals surface area contributed by atoms with Crippen molar-refractivity contribution in [3.05, 3.63) is 28.8 Å². The first-order chi connectivity index (χ1) is 8.15. The van der Waals surface area contributed by atoms with Crippen molar-refractivity contribution in [2.75, 3.05) is 0 Å². The van der Waals surface area contributed by atoms with Crippen LogP contribution in [0.25, 0.3) is 0 Å². The highest BCUT2D eigenvalue weighted by molar-refractivity contribution is 6.30. The van der Waals surface area contributed by atoms with Gasteiger partial charge in [-0.15, -0.1) is 0 Å². The quantitative estimate of drug-likeness (QED) is 0.571. The zero-order valence-electron chi connectivity index (χ0n) is 10.2. The van der Waals surface area contributed by atoms with Gasteiger partial charge in [0, 0.05) is 11.4 Å². The van der Waals surface area contributed by atoms with Crippen LogP contribution in [0.3, 0.4) is 0 Å². The van der Waals surface area contributed by atoms with Crippen LogP contribution in [0.2, 0.25) is 5.02 Å². The van der Waals surface area contributed by atoms with Gasteiger partial charge in [0.1, 0.15) is 5.75 Å². The van der Waals surface area contributed by atoms with Crippen LogP contribution in [0.15, 0.2) is 18.2 Å². The largest absolute Gasteiger partial charge is 0.507 e. The minimum Gasteiger partial charge on any atom is -0.507 e. The Bertz CT molecular complexity index is 374. The van der Waals surface area contributed by atoms with Gasteiger partial charge in [0.25, 0.3) is 0 Å². The first kappa shape index (κ1) is 14.0. The topological polar surface area (TPSA) is 37.3 Å². The van der Waals surface area contributed by atoms with Gasteiger partial charge in [0.15, 0.2) is 5.78 Å². The summed E-state index contributed by atoms with van der Waals surface area (Å²) in [7, 11) is 0. The molecule has 1 aromatic rings. The first-order valence-electron chi connectivity index (χ1n) is 6.17. The number of benzene rings is 1. The second-order valence-corrected chi connectivity index (χ2v) is 4.69. The predicted molar refractivity (Wildman–Crippen MR) is 70.8 cm³/mol. The van der Waals surface area contributed by atoms with Gasteiger partial charge >= 0.3 is 0 Å². The maximum absolute atomic E-state index is 11.8. The number of Topliss-reactive ketones (excluding diaryl/α,β-unsaturated/α-hetero) is 1. The number of ketones is 1. The number of hydrogen-bond acceptors (Lipinski definition) is 2. The van der Waals surface area contributed by atoms with Crippen LogP contribution >= 0.6 is 11.6 Å². The summed E-state index contributed by atoms with van der Waals surface area (Å²) in [5.74, 6) is -0.0216. The average Bonchev–Trinajstić information content (AvgIpc) is 2.28. The molecule has 1 aromatic carbocycles. The van der Waals surface area contributed by atoms with E-state index >= 15 is 0 Å². The van der Waals surface area contributed by atoms with Crippen LogP contribution in [0.4, 0.5) is 0 Å². The molecule has 0 bridgehead atoms. The normalized spacial score (nSPS) is 10.5. The Morgan fingerprint density at radius 2 is 1.94 bits per heavy atom. The van der Waals surface area contributed by atoms with Gasteiger partial charge in [-0.2, -0.15) is 0 Å². The fourth-order valence-corrected chi connectivity index (χ4v) is 1.93. The summed E-state index contributed by atoms with van der Waals surface area (Å²) in [6.45, 7) is 2.16. The molecule has 0 aliphatic heterocycles. The molecule has 0 atom stereocenters. The molecular weight excluding hydrogens is 236 g/mol. The lowest BCUT2D eigenvalue weighted by molar-refractivity contribution is 0.0976. The standard InChI is InChI=1S/C14H19ClO2/c1-2-3-4-5-6-7-13(16)12-9-8-11(15)10-14(12)17/h8-10,17H,2-7H2,1H3. The molecule has 0 saturated heterocycles. The number of unbranched alkanes of at least 4 members (excludes halogenated alkanes) is 4. The monoisotopic (exact) mass is 254 g/mol. The maximum atomic E-state index is 11.8.